The minimum atomic E-state index is -0.221. The number of halogens is 2. The van der Waals surface area contributed by atoms with Gasteiger partial charge in [0, 0.05) is 18.7 Å². The number of benzene rings is 1. The molecule has 0 unspecified atom stereocenters. The summed E-state index contributed by atoms with van der Waals surface area (Å²) in [6.07, 6.45) is 2.45. The van der Waals surface area contributed by atoms with E-state index >= 15 is 0 Å². The number of anilines is 1. The Balaban J connectivity index is 1.70. The van der Waals surface area contributed by atoms with Crippen molar-refractivity contribution in [3.63, 3.8) is 0 Å². The summed E-state index contributed by atoms with van der Waals surface area (Å²) >= 11 is 5.96. The molecule has 0 saturated carbocycles. The molecule has 0 fully saturated rings. The first kappa shape index (κ1) is 12.9. The second-order valence-corrected chi connectivity index (χ2v) is 4.76. The maximum Gasteiger partial charge on any atom is 0.159 e. The van der Waals surface area contributed by atoms with Gasteiger partial charge in [-0.1, -0.05) is 23.7 Å². The first-order chi connectivity index (χ1) is 9.72. The molecule has 20 heavy (non-hydrogen) atoms. The lowest BCUT2D eigenvalue weighted by molar-refractivity contribution is 0.627. The molecule has 3 aromatic rings. The molecule has 0 amide bonds. The highest BCUT2D eigenvalue weighted by Crippen LogP contribution is 2.15. The molecule has 3 rings (SSSR count). The van der Waals surface area contributed by atoms with Gasteiger partial charge in [0.15, 0.2) is 5.65 Å². The molecule has 0 aliphatic rings. The van der Waals surface area contributed by atoms with Crippen LogP contribution in [0.1, 0.15) is 5.56 Å². The van der Waals surface area contributed by atoms with Crippen LogP contribution in [-0.4, -0.2) is 21.1 Å². The maximum atomic E-state index is 12.8. The Morgan fingerprint density at radius 1 is 1.20 bits per heavy atom. The lowest BCUT2D eigenvalue weighted by Crippen LogP contribution is -2.09. The summed E-state index contributed by atoms with van der Waals surface area (Å²) in [5, 5.41) is 7.86. The Labute approximate surface area is 120 Å². The van der Waals surface area contributed by atoms with Crippen molar-refractivity contribution in [1.82, 2.24) is 14.6 Å². The van der Waals surface area contributed by atoms with Crippen molar-refractivity contribution in [3.05, 3.63) is 59.1 Å². The van der Waals surface area contributed by atoms with Crippen LogP contribution in [0.25, 0.3) is 5.65 Å². The van der Waals surface area contributed by atoms with E-state index in [2.05, 4.69) is 15.4 Å². The Hall–Kier alpha value is -2.14. The first-order valence-electron chi connectivity index (χ1n) is 6.21. The Bertz CT molecular complexity index is 724. The monoisotopic (exact) mass is 290 g/mol. The number of fused-ring (bicyclic) bond motifs is 1. The second kappa shape index (κ2) is 5.46. The Morgan fingerprint density at radius 3 is 2.80 bits per heavy atom. The molecule has 102 valence electrons. The van der Waals surface area contributed by atoms with Crippen LogP contribution in [0, 0.1) is 5.82 Å². The zero-order chi connectivity index (χ0) is 13.9. The third kappa shape index (κ3) is 2.72. The summed E-state index contributed by atoms with van der Waals surface area (Å²) in [6, 6.07) is 10.00. The average molecular weight is 291 g/mol. The standard InChI is InChI=1S/C14H12ClFN4/c15-12-9-14(20-13(19-12)6-8-18-20)17-7-5-10-1-3-11(16)4-2-10/h1-4,6,8-9,17H,5,7H2. The number of aromatic nitrogens is 3. The van der Waals surface area contributed by atoms with Gasteiger partial charge in [-0.2, -0.15) is 9.61 Å². The van der Waals surface area contributed by atoms with Crippen LogP contribution in [0.15, 0.2) is 42.6 Å². The summed E-state index contributed by atoms with van der Waals surface area (Å²) in [5.41, 5.74) is 1.76. The van der Waals surface area contributed by atoms with Crippen molar-refractivity contribution < 1.29 is 4.39 Å². The topological polar surface area (TPSA) is 42.2 Å². The van der Waals surface area contributed by atoms with E-state index in [1.165, 1.54) is 12.1 Å². The van der Waals surface area contributed by atoms with Crippen molar-refractivity contribution in [3.8, 4) is 0 Å². The van der Waals surface area contributed by atoms with E-state index < -0.39 is 0 Å². The van der Waals surface area contributed by atoms with Gasteiger partial charge in [-0.3, -0.25) is 0 Å². The van der Waals surface area contributed by atoms with Gasteiger partial charge >= 0.3 is 0 Å². The van der Waals surface area contributed by atoms with E-state index in [1.54, 1.807) is 35.0 Å². The third-order valence-corrected chi connectivity index (χ3v) is 3.15. The fourth-order valence-corrected chi connectivity index (χ4v) is 2.18. The molecule has 0 saturated heterocycles. The van der Waals surface area contributed by atoms with E-state index in [1.807, 2.05) is 0 Å². The van der Waals surface area contributed by atoms with Gasteiger partial charge in [-0.25, -0.2) is 9.37 Å². The summed E-state index contributed by atoms with van der Waals surface area (Å²) in [4.78, 5) is 4.16. The second-order valence-electron chi connectivity index (χ2n) is 4.37. The summed E-state index contributed by atoms with van der Waals surface area (Å²) < 4.78 is 14.5. The molecular weight excluding hydrogens is 279 g/mol. The summed E-state index contributed by atoms with van der Waals surface area (Å²) in [6.45, 7) is 0.695. The van der Waals surface area contributed by atoms with Crippen molar-refractivity contribution >= 4 is 23.1 Å². The van der Waals surface area contributed by atoms with Crippen molar-refractivity contribution in [2.75, 3.05) is 11.9 Å². The van der Waals surface area contributed by atoms with Crippen LogP contribution in [0.2, 0.25) is 5.15 Å². The minimum Gasteiger partial charge on any atom is -0.370 e. The highest BCUT2D eigenvalue weighted by molar-refractivity contribution is 6.29. The van der Waals surface area contributed by atoms with Gasteiger partial charge in [0.25, 0.3) is 0 Å². The largest absolute Gasteiger partial charge is 0.370 e. The first-order valence-corrected chi connectivity index (χ1v) is 6.59. The van der Waals surface area contributed by atoms with Gasteiger partial charge in [0.05, 0.1) is 6.20 Å². The molecule has 6 heteroatoms. The summed E-state index contributed by atoms with van der Waals surface area (Å²) in [5.74, 6) is 0.563. The zero-order valence-electron chi connectivity index (χ0n) is 10.6. The van der Waals surface area contributed by atoms with Gasteiger partial charge in [0.2, 0.25) is 0 Å². The molecule has 0 radical (unpaired) electrons. The Morgan fingerprint density at radius 2 is 2.00 bits per heavy atom. The van der Waals surface area contributed by atoms with Crippen molar-refractivity contribution in [1.29, 1.82) is 0 Å². The van der Waals surface area contributed by atoms with Gasteiger partial charge < -0.3 is 5.32 Å². The van der Waals surface area contributed by atoms with E-state index in [-0.39, 0.29) is 5.82 Å². The smallest absolute Gasteiger partial charge is 0.159 e. The van der Waals surface area contributed by atoms with Gasteiger partial charge in [-0.05, 0) is 24.1 Å². The fourth-order valence-electron chi connectivity index (χ4n) is 1.99. The molecule has 4 nitrogen and oxygen atoms in total. The van der Waals surface area contributed by atoms with Crippen LogP contribution in [0.5, 0.6) is 0 Å². The quantitative estimate of drug-likeness (QED) is 0.751. The predicted octanol–water partition coefficient (Wildman–Crippen LogP) is 3.18. The van der Waals surface area contributed by atoms with E-state index in [9.17, 15) is 4.39 Å². The number of hydrogen-bond donors (Lipinski definition) is 1. The molecule has 2 aromatic heterocycles. The van der Waals surface area contributed by atoms with Crippen molar-refractivity contribution in [2.45, 2.75) is 6.42 Å². The predicted molar refractivity (Wildman–Crippen MR) is 76.6 cm³/mol. The third-order valence-electron chi connectivity index (χ3n) is 2.96. The van der Waals surface area contributed by atoms with Crippen LogP contribution >= 0.6 is 11.6 Å². The molecule has 0 spiro atoms. The number of nitrogens with one attached hydrogen (secondary N) is 1. The lowest BCUT2D eigenvalue weighted by atomic mass is 10.1. The molecule has 0 bridgehead atoms. The number of nitrogens with zero attached hydrogens (tertiary/aromatic N) is 3. The van der Waals surface area contributed by atoms with E-state index in [0.29, 0.717) is 17.3 Å². The highest BCUT2D eigenvalue weighted by Gasteiger charge is 2.04. The van der Waals surface area contributed by atoms with E-state index in [4.69, 9.17) is 11.6 Å². The SMILES string of the molecule is Fc1ccc(CCNc2cc(Cl)nc3ccnn23)cc1. The molecule has 1 aromatic carbocycles. The van der Waals surface area contributed by atoms with E-state index in [0.717, 1.165) is 17.8 Å². The van der Waals surface area contributed by atoms with Crippen LogP contribution in [-0.2, 0) is 6.42 Å². The minimum absolute atomic E-state index is 0.221. The zero-order valence-corrected chi connectivity index (χ0v) is 11.3. The molecule has 2 heterocycles. The number of rotatable bonds is 4. The molecule has 0 atom stereocenters. The van der Waals surface area contributed by atoms with Crippen LogP contribution in [0.4, 0.5) is 10.2 Å². The van der Waals surface area contributed by atoms with Crippen LogP contribution < -0.4 is 5.32 Å². The fraction of sp³-hybridized carbons (Fsp3) is 0.143. The lowest BCUT2D eigenvalue weighted by Gasteiger charge is -2.08. The normalized spacial score (nSPS) is 10.9. The van der Waals surface area contributed by atoms with Gasteiger partial charge in [0.1, 0.15) is 16.8 Å². The van der Waals surface area contributed by atoms with Crippen LogP contribution in [0.3, 0.4) is 0 Å². The number of hydrogen-bond acceptors (Lipinski definition) is 3. The average Bonchev–Trinajstić information content (AvgIpc) is 2.89. The Kier molecular flexibility index (Phi) is 3.52. The molecular formula is C14H12ClFN4. The molecule has 1 N–H and O–H groups in total. The van der Waals surface area contributed by atoms with Crippen molar-refractivity contribution in [2.24, 2.45) is 0 Å². The van der Waals surface area contributed by atoms with Gasteiger partial charge in [-0.15, -0.1) is 0 Å². The summed E-state index contributed by atoms with van der Waals surface area (Å²) in [7, 11) is 0. The molecule has 0 aliphatic heterocycles. The maximum absolute atomic E-state index is 12.8. The molecule has 0 aliphatic carbocycles. The highest BCUT2D eigenvalue weighted by atomic mass is 35.5.